The van der Waals surface area contributed by atoms with Crippen molar-refractivity contribution >= 4 is 5.69 Å². The number of hydrogen-bond acceptors (Lipinski definition) is 3. The molecule has 0 aromatic heterocycles. The molecule has 3 rings (SSSR count). The van der Waals surface area contributed by atoms with Gasteiger partial charge in [0.15, 0.2) is 0 Å². The molecule has 0 radical (unpaired) electrons. The smallest absolute Gasteiger partial charge is 0.0402 e. The summed E-state index contributed by atoms with van der Waals surface area (Å²) in [5.41, 5.74) is 4.48. The number of nitrogens with one attached hydrogen (secondary N) is 1. The van der Waals surface area contributed by atoms with Gasteiger partial charge in [0.2, 0.25) is 0 Å². The summed E-state index contributed by atoms with van der Waals surface area (Å²) in [7, 11) is 0. The zero-order valence-corrected chi connectivity index (χ0v) is 12.2. The average Bonchev–Trinajstić information content (AvgIpc) is 2.74. The molecule has 0 bridgehead atoms. The molecular formula is C16H25N3. The molecule has 0 amide bonds. The summed E-state index contributed by atoms with van der Waals surface area (Å²) in [6, 6.07) is 7.75. The second kappa shape index (κ2) is 5.51. The molecule has 3 heteroatoms. The molecule has 1 unspecified atom stereocenters. The Morgan fingerprint density at radius 2 is 2.05 bits per heavy atom. The Labute approximate surface area is 116 Å². The van der Waals surface area contributed by atoms with Gasteiger partial charge in [0, 0.05) is 51.0 Å². The Bertz CT molecular complexity index is 438. The van der Waals surface area contributed by atoms with Crippen LogP contribution in [0.4, 0.5) is 5.69 Å². The summed E-state index contributed by atoms with van der Waals surface area (Å²) in [6.07, 6.45) is 1.21. The number of hydrogen-bond donors (Lipinski definition) is 1. The van der Waals surface area contributed by atoms with E-state index in [-0.39, 0.29) is 0 Å². The van der Waals surface area contributed by atoms with Crippen LogP contribution in [0.3, 0.4) is 0 Å². The molecule has 1 N–H and O–H groups in total. The van der Waals surface area contributed by atoms with Crippen LogP contribution in [0.1, 0.15) is 25.0 Å². The van der Waals surface area contributed by atoms with Crippen molar-refractivity contribution < 1.29 is 0 Å². The molecule has 19 heavy (non-hydrogen) atoms. The minimum atomic E-state index is 0.662. The van der Waals surface area contributed by atoms with Gasteiger partial charge in [-0.15, -0.1) is 0 Å². The summed E-state index contributed by atoms with van der Waals surface area (Å²) in [5, 5.41) is 3.41. The average molecular weight is 259 g/mol. The molecule has 3 nitrogen and oxygen atoms in total. The maximum Gasteiger partial charge on any atom is 0.0402 e. The van der Waals surface area contributed by atoms with E-state index in [0.29, 0.717) is 6.04 Å². The lowest BCUT2D eigenvalue weighted by Gasteiger charge is -2.27. The Balaban J connectivity index is 1.73. The fourth-order valence-electron chi connectivity index (χ4n) is 3.46. The monoisotopic (exact) mass is 259 g/mol. The zero-order chi connectivity index (χ0) is 13.2. The largest absolute Gasteiger partial charge is 0.369 e. The normalized spacial score (nSPS) is 23.7. The van der Waals surface area contributed by atoms with E-state index < -0.39 is 0 Å². The third-order valence-electron chi connectivity index (χ3n) is 4.46. The van der Waals surface area contributed by atoms with E-state index in [1.54, 1.807) is 5.56 Å². The van der Waals surface area contributed by atoms with Crippen molar-refractivity contribution in [3.05, 3.63) is 29.3 Å². The van der Waals surface area contributed by atoms with Gasteiger partial charge in [0.25, 0.3) is 0 Å². The van der Waals surface area contributed by atoms with Crippen LogP contribution in [0.25, 0.3) is 0 Å². The molecule has 1 atom stereocenters. The maximum atomic E-state index is 3.41. The third kappa shape index (κ3) is 2.63. The molecule has 2 aliphatic heterocycles. The first-order valence-corrected chi connectivity index (χ1v) is 7.59. The molecule has 0 spiro atoms. The SMILES string of the molecule is CCN1c2ccc(CN3CCNCC3)cc2CC1C. The molecule has 1 aromatic carbocycles. The summed E-state index contributed by atoms with van der Waals surface area (Å²) in [5.74, 6) is 0. The van der Waals surface area contributed by atoms with Crippen LogP contribution < -0.4 is 10.2 Å². The first kappa shape index (κ1) is 12.9. The standard InChI is InChI=1S/C16H25N3/c1-3-19-13(2)10-15-11-14(4-5-16(15)19)12-18-8-6-17-7-9-18/h4-5,11,13,17H,3,6-10,12H2,1-2H3. The highest BCUT2D eigenvalue weighted by atomic mass is 15.2. The van der Waals surface area contributed by atoms with Crippen LogP contribution in [0.15, 0.2) is 18.2 Å². The molecule has 0 saturated carbocycles. The van der Waals surface area contributed by atoms with E-state index in [1.807, 2.05) is 0 Å². The first-order chi connectivity index (χ1) is 9.28. The summed E-state index contributed by atoms with van der Waals surface area (Å²) in [4.78, 5) is 5.07. The highest BCUT2D eigenvalue weighted by molar-refractivity contribution is 5.60. The van der Waals surface area contributed by atoms with Crippen LogP contribution in [-0.4, -0.2) is 43.7 Å². The predicted octanol–water partition coefficient (Wildman–Crippen LogP) is 1.86. The predicted molar refractivity (Wildman–Crippen MR) is 80.8 cm³/mol. The first-order valence-electron chi connectivity index (χ1n) is 7.59. The number of fused-ring (bicyclic) bond motifs is 1. The van der Waals surface area contributed by atoms with E-state index in [1.165, 1.54) is 30.8 Å². The van der Waals surface area contributed by atoms with Gasteiger partial charge >= 0.3 is 0 Å². The van der Waals surface area contributed by atoms with Crippen LogP contribution in [0, 0.1) is 0 Å². The Morgan fingerprint density at radius 3 is 2.79 bits per heavy atom. The van der Waals surface area contributed by atoms with Gasteiger partial charge in [0.05, 0.1) is 0 Å². The Kier molecular flexibility index (Phi) is 3.76. The maximum absolute atomic E-state index is 3.41. The fraction of sp³-hybridized carbons (Fsp3) is 0.625. The molecular weight excluding hydrogens is 234 g/mol. The summed E-state index contributed by atoms with van der Waals surface area (Å²) >= 11 is 0. The van der Waals surface area contributed by atoms with Crippen molar-refractivity contribution in [2.24, 2.45) is 0 Å². The van der Waals surface area contributed by atoms with Gasteiger partial charge in [-0.05, 0) is 37.5 Å². The van der Waals surface area contributed by atoms with Crippen molar-refractivity contribution in [2.75, 3.05) is 37.6 Å². The number of rotatable bonds is 3. The summed E-state index contributed by atoms with van der Waals surface area (Å²) in [6.45, 7) is 11.4. The van der Waals surface area contributed by atoms with Crippen LogP contribution in [0.2, 0.25) is 0 Å². The second-order valence-corrected chi connectivity index (χ2v) is 5.83. The van der Waals surface area contributed by atoms with Gasteiger partial charge in [0.1, 0.15) is 0 Å². The number of anilines is 1. The minimum Gasteiger partial charge on any atom is -0.369 e. The van der Waals surface area contributed by atoms with Gasteiger partial charge in [-0.3, -0.25) is 4.90 Å². The van der Waals surface area contributed by atoms with Crippen LogP contribution in [0.5, 0.6) is 0 Å². The Hall–Kier alpha value is -1.06. The van der Waals surface area contributed by atoms with E-state index in [0.717, 1.165) is 26.2 Å². The second-order valence-electron chi connectivity index (χ2n) is 5.83. The van der Waals surface area contributed by atoms with E-state index in [2.05, 4.69) is 47.2 Å². The molecule has 1 fully saturated rings. The van der Waals surface area contributed by atoms with Gasteiger partial charge in [-0.25, -0.2) is 0 Å². The number of likely N-dealkylation sites (N-methyl/N-ethyl adjacent to an activating group) is 1. The van der Waals surface area contributed by atoms with Crippen molar-refractivity contribution in [3.63, 3.8) is 0 Å². The molecule has 1 saturated heterocycles. The molecule has 2 aliphatic rings. The van der Waals surface area contributed by atoms with Gasteiger partial charge in [-0.1, -0.05) is 12.1 Å². The topological polar surface area (TPSA) is 18.5 Å². The van der Waals surface area contributed by atoms with Crippen molar-refractivity contribution in [3.8, 4) is 0 Å². The van der Waals surface area contributed by atoms with E-state index in [9.17, 15) is 0 Å². The highest BCUT2D eigenvalue weighted by Crippen LogP contribution is 2.32. The van der Waals surface area contributed by atoms with Gasteiger partial charge < -0.3 is 10.2 Å². The van der Waals surface area contributed by atoms with Crippen LogP contribution in [-0.2, 0) is 13.0 Å². The van der Waals surface area contributed by atoms with Crippen LogP contribution >= 0.6 is 0 Å². The Morgan fingerprint density at radius 1 is 1.26 bits per heavy atom. The van der Waals surface area contributed by atoms with E-state index >= 15 is 0 Å². The highest BCUT2D eigenvalue weighted by Gasteiger charge is 2.24. The quantitative estimate of drug-likeness (QED) is 0.894. The van der Waals surface area contributed by atoms with Crippen molar-refractivity contribution in [1.29, 1.82) is 0 Å². The molecule has 104 valence electrons. The third-order valence-corrected chi connectivity index (χ3v) is 4.46. The van der Waals surface area contributed by atoms with Crippen molar-refractivity contribution in [1.82, 2.24) is 10.2 Å². The lowest BCUT2D eigenvalue weighted by Crippen LogP contribution is -2.42. The lowest BCUT2D eigenvalue weighted by atomic mass is 10.1. The molecule has 0 aliphatic carbocycles. The fourth-order valence-corrected chi connectivity index (χ4v) is 3.46. The van der Waals surface area contributed by atoms with Crippen molar-refractivity contribution in [2.45, 2.75) is 32.9 Å². The summed E-state index contributed by atoms with van der Waals surface area (Å²) < 4.78 is 0. The molecule has 1 aromatic rings. The minimum absolute atomic E-state index is 0.662. The number of nitrogens with zero attached hydrogens (tertiary/aromatic N) is 2. The van der Waals surface area contributed by atoms with Gasteiger partial charge in [-0.2, -0.15) is 0 Å². The van der Waals surface area contributed by atoms with E-state index in [4.69, 9.17) is 0 Å². The lowest BCUT2D eigenvalue weighted by molar-refractivity contribution is 0.233. The zero-order valence-electron chi connectivity index (χ0n) is 12.2. The molecule has 2 heterocycles. The number of piperazine rings is 1. The number of benzene rings is 1.